The molecular formula is C17H16N2O3. The zero-order valence-electron chi connectivity index (χ0n) is 12.4. The molecule has 0 atom stereocenters. The van der Waals surface area contributed by atoms with E-state index in [2.05, 4.69) is 4.98 Å². The fourth-order valence-electron chi connectivity index (χ4n) is 2.62. The van der Waals surface area contributed by atoms with Gasteiger partial charge in [-0.25, -0.2) is 9.59 Å². The highest BCUT2D eigenvalue weighted by molar-refractivity contribution is 5.91. The molecule has 0 aliphatic rings. The molecule has 0 aliphatic carbocycles. The molecule has 0 aliphatic heterocycles. The van der Waals surface area contributed by atoms with E-state index in [9.17, 15) is 9.59 Å². The number of aromatic nitrogens is 2. The molecule has 22 heavy (non-hydrogen) atoms. The lowest BCUT2D eigenvalue weighted by Gasteiger charge is -2.10. The van der Waals surface area contributed by atoms with Crippen molar-refractivity contribution >= 4 is 17.0 Å². The SMILES string of the molecule is COC(=O)c1cccc(Cn2c(=O)[nH]c3ccccc32)c1C. The third kappa shape index (κ3) is 2.30. The minimum absolute atomic E-state index is 0.163. The summed E-state index contributed by atoms with van der Waals surface area (Å²) in [5.41, 5.74) is 3.74. The molecule has 3 aromatic rings. The first-order chi connectivity index (χ1) is 10.6. The van der Waals surface area contributed by atoms with Gasteiger partial charge in [0.2, 0.25) is 0 Å². The Morgan fingerprint density at radius 1 is 1.18 bits per heavy atom. The molecule has 0 saturated carbocycles. The number of hydrogen-bond donors (Lipinski definition) is 1. The average molecular weight is 296 g/mol. The highest BCUT2D eigenvalue weighted by Gasteiger charge is 2.13. The number of hydrogen-bond acceptors (Lipinski definition) is 3. The summed E-state index contributed by atoms with van der Waals surface area (Å²) >= 11 is 0. The molecule has 1 heterocycles. The van der Waals surface area contributed by atoms with Gasteiger partial charge in [0.05, 0.1) is 30.3 Å². The summed E-state index contributed by atoms with van der Waals surface area (Å²) in [7, 11) is 1.36. The van der Waals surface area contributed by atoms with Gasteiger partial charge in [-0.15, -0.1) is 0 Å². The van der Waals surface area contributed by atoms with Crippen molar-refractivity contribution in [2.24, 2.45) is 0 Å². The van der Waals surface area contributed by atoms with E-state index < -0.39 is 0 Å². The third-order valence-corrected chi connectivity index (χ3v) is 3.86. The van der Waals surface area contributed by atoms with Crippen LogP contribution in [0.4, 0.5) is 0 Å². The second-order valence-corrected chi connectivity index (χ2v) is 5.11. The van der Waals surface area contributed by atoms with Gasteiger partial charge in [-0.3, -0.25) is 4.57 Å². The van der Waals surface area contributed by atoms with Crippen molar-refractivity contribution in [3.63, 3.8) is 0 Å². The number of nitrogens with zero attached hydrogens (tertiary/aromatic N) is 1. The number of para-hydroxylation sites is 2. The van der Waals surface area contributed by atoms with Crippen LogP contribution in [-0.2, 0) is 11.3 Å². The van der Waals surface area contributed by atoms with Gasteiger partial charge in [-0.2, -0.15) is 0 Å². The zero-order chi connectivity index (χ0) is 15.7. The van der Waals surface area contributed by atoms with Crippen molar-refractivity contribution < 1.29 is 9.53 Å². The van der Waals surface area contributed by atoms with E-state index in [1.807, 2.05) is 37.3 Å². The smallest absolute Gasteiger partial charge is 0.338 e. The van der Waals surface area contributed by atoms with Gasteiger partial charge < -0.3 is 9.72 Å². The number of H-pyrrole nitrogens is 1. The van der Waals surface area contributed by atoms with Gasteiger partial charge in [-0.1, -0.05) is 24.3 Å². The lowest BCUT2D eigenvalue weighted by Crippen LogP contribution is -2.18. The second kappa shape index (κ2) is 5.52. The minimum Gasteiger partial charge on any atom is -0.465 e. The molecule has 5 heteroatoms. The van der Waals surface area contributed by atoms with Crippen LogP contribution in [0.2, 0.25) is 0 Å². The van der Waals surface area contributed by atoms with Gasteiger partial charge in [0.15, 0.2) is 0 Å². The molecular weight excluding hydrogens is 280 g/mol. The van der Waals surface area contributed by atoms with E-state index in [1.165, 1.54) is 7.11 Å². The van der Waals surface area contributed by atoms with E-state index in [0.29, 0.717) is 12.1 Å². The minimum atomic E-state index is -0.370. The van der Waals surface area contributed by atoms with Crippen LogP contribution in [0.3, 0.4) is 0 Å². The van der Waals surface area contributed by atoms with Crippen LogP contribution in [0.15, 0.2) is 47.3 Å². The molecule has 3 rings (SSSR count). The number of benzene rings is 2. The van der Waals surface area contributed by atoms with Gasteiger partial charge in [0.25, 0.3) is 0 Å². The molecule has 0 bridgehead atoms. The Labute approximate surface area is 127 Å². The Morgan fingerprint density at radius 2 is 1.95 bits per heavy atom. The number of carbonyl (C=O) groups excluding carboxylic acids is 1. The van der Waals surface area contributed by atoms with Crippen LogP contribution >= 0.6 is 0 Å². The average Bonchev–Trinajstić information content (AvgIpc) is 2.84. The van der Waals surface area contributed by atoms with Crippen LogP contribution < -0.4 is 5.69 Å². The van der Waals surface area contributed by atoms with Crippen LogP contribution in [0.1, 0.15) is 21.5 Å². The number of nitrogens with one attached hydrogen (secondary N) is 1. The monoisotopic (exact) mass is 296 g/mol. The zero-order valence-corrected chi connectivity index (χ0v) is 12.4. The Kier molecular flexibility index (Phi) is 3.55. The molecule has 5 nitrogen and oxygen atoms in total. The first kappa shape index (κ1) is 14.1. The number of imidazole rings is 1. The number of rotatable bonds is 3. The maximum Gasteiger partial charge on any atom is 0.338 e. The fourth-order valence-corrected chi connectivity index (χ4v) is 2.62. The van der Waals surface area contributed by atoms with Crippen molar-refractivity contribution in [3.05, 3.63) is 69.6 Å². The van der Waals surface area contributed by atoms with Crippen molar-refractivity contribution in [2.45, 2.75) is 13.5 Å². The van der Waals surface area contributed by atoms with E-state index in [0.717, 1.165) is 22.2 Å². The Bertz CT molecular complexity index is 906. The number of ether oxygens (including phenoxy) is 1. The molecule has 0 spiro atoms. The molecule has 0 fully saturated rings. The number of methoxy groups -OCH3 is 1. The quantitative estimate of drug-likeness (QED) is 0.755. The number of fused-ring (bicyclic) bond motifs is 1. The summed E-state index contributed by atoms with van der Waals surface area (Å²) in [5.74, 6) is -0.370. The first-order valence-electron chi connectivity index (χ1n) is 6.96. The molecule has 0 amide bonds. The standard InChI is InChI=1S/C17H16N2O3/c1-11-12(6-5-7-13(11)16(20)22-2)10-19-15-9-4-3-8-14(15)18-17(19)21/h3-9H,10H2,1-2H3,(H,18,21). The van der Waals surface area contributed by atoms with Crippen LogP contribution in [0.25, 0.3) is 11.0 Å². The van der Waals surface area contributed by atoms with Crippen LogP contribution in [-0.4, -0.2) is 22.6 Å². The summed E-state index contributed by atoms with van der Waals surface area (Å²) in [6.07, 6.45) is 0. The third-order valence-electron chi connectivity index (χ3n) is 3.86. The topological polar surface area (TPSA) is 64.1 Å². The van der Waals surface area contributed by atoms with E-state index in [-0.39, 0.29) is 11.7 Å². The fraction of sp³-hybridized carbons (Fsp3) is 0.176. The predicted octanol–water partition coefficient (Wildman–Crippen LogP) is 2.47. The summed E-state index contributed by atoms with van der Waals surface area (Å²) in [4.78, 5) is 26.7. The molecule has 0 saturated heterocycles. The number of carbonyl (C=O) groups is 1. The summed E-state index contributed by atoms with van der Waals surface area (Å²) < 4.78 is 6.45. The Balaban J connectivity index is 2.08. The van der Waals surface area contributed by atoms with Crippen LogP contribution in [0, 0.1) is 6.92 Å². The van der Waals surface area contributed by atoms with Crippen molar-refractivity contribution in [2.75, 3.05) is 7.11 Å². The molecule has 0 radical (unpaired) electrons. The molecule has 2 aromatic carbocycles. The highest BCUT2D eigenvalue weighted by atomic mass is 16.5. The van der Waals surface area contributed by atoms with Gasteiger partial charge in [0.1, 0.15) is 0 Å². The molecule has 1 aromatic heterocycles. The normalized spacial score (nSPS) is 10.8. The molecule has 1 N–H and O–H groups in total. The lowest BCUT2D eigenvalue weighted by molar-refractivity contribution is 0.0600. The maximum atomic E-state index is 12.1. The Hall–Kier alpha value is -2.82. The highest BCUT2D eigenvalue weighted by Crippen LogP contribution is 2.17. The van der Waals surface area contributed by atoms with Gasteiger partial charge in [0, 0.05) is 0 Å². The number of esters is 1. The Morgan fingerprint density at radius 3 is 2.73 bits per heavy atom. The van der Waals surface area contributed by atoms with E-state index in [1.54, 1.807) is 16.7 Å². The first-order valence-corrected chi connectivity index (χ1v) is 6.96. The maximum absolute atomic E-state index is 12.1. The van der Waals surface area contributed by atoms with E-state index in [4.69, 9.17) is 4.74 Å². The largest absolute Gasteiger partial charge is 0.465 e. The van der Waals surface area contributed by atoms with E-state index >= 15 is 0 Å². The van der Waals surface area contributed by atoms with Crippen molar-refractivity contribution in [1.29, 1.82) is 0 Å². The molecule has 0 unspecified atom stereocenters. The van der Waals surface area contributed by atoms with Crippen LogP contribution in [0.5, 0.6) is 0 Å². The summed E-state index contributed by atoms with van der Waals surface area (Å²) in [5, 5.41) is 0. The second-order valence-electron chi connectivity index (χ2n) is 5.11. The number of aromatic amines is 1. The predicted molar refractivity (Wildman–Crippen MR) is 84.2 cm³/mol. The van der Waals surface area contributed by atoms with Crippen molar-refractivity contribution in [3.8, 4) is 0 Å². The molecule has 112 valence electrons. The lowest BCUT2D eigenvalue weighted by atomic mass is 10.0. The summed E-state index contributed by atoms with van der Waals surface area (Å²) in [6.45, 7) is 2.26. The van der Waals surface area contributed by atoms with Crippen molar-refractivity contribution in [1.82, 2.24) is 9.55 Å². The summed E-state index contributed by atoms with van der Waals surface area (Å²) in [6, 6.07) is 13.0. The van der Waals surface area contributed by atoms with Gasteiger partial charge in [-0.05, 0) is 36.2 Å². The van der Waals surface area contributed by atoms with Gasteiger partial charge >= 0.3 is 11.7 Å².